The van der Waals surface area contributed by atoms with Crippen molar-refractivity contribution in [3.05, 3.63) is 51.9 Å². The highest BCUT2D eigenvalue weighted by Crippen LogP contribution is 2.37. The second-order valence-electron chi connectivity index (χ2n) is 6.59. The summed E-state index contributed by atoms with van der Waals surface area (Å²) in [6.07, 6.45) is 0.392. The van der Waals surface area contributed by atoms with Gasteiger partial charge in [0.25, 0.3) is 5.91 Å². The average molecular weight is 388 g/mol. The number of hydrogen-bond acceptors (Lipinski definition) is 4. The lowest BCUT2D eigenvalue weighted by Gasteiger charge is -2.30. The van der Waals surface area contributed by atoms with Crippen LogP contribution >= 0.6 is 11.3 Å². The van der Waals surface area contributed by atoms with Gasteiger partial charge in [-0.25, -0.2) is 9.59 Å². The molecule has 2 aromatic rings. The number of likely N-dealkylation sites (tertiary alicyclic amines) is 1. The number of hydrogen-bond donors (Lipinski definition) is 3. The zero-order chi connectivity index (χ0) is 19.6. The molecular weight excluding hydrogens is 368 g/mol. The molecule has 1 aromatic heterocycles. The first kappa shape index (κ1) is 18.9. The van der Waals surface area contributed by atoms with E-state index in [2.05, 4.69) is 5.32 Å². The van der Waals surface area contributed by atoms with Gasteiger partial charge in [-0.05, 0) is 42.8 Å². The molecule has 0 aliphatic carbocycles. The minimum atomic E-state index is -1.13. The van der Waals surface area contributed by atoms with Crippen LogP contribution in [0.25, 0.3) is 0 Å². The zero-order valence-electron chi connectivity index (χ0n) is 14.8. The van der Waals surface area contributed by atoms with E-state index in [9.17, 15) is 24.6 Å². The van der Waals surface area contributed by atoms with E-state index in [0.717, 1.165) is 16.9 Å². The highest BCUT2D eigenvalue weighted by molar-refractivity contribution is 7.15. The molecule has 0 saturated carbocycles. The number of nitrogens with zero attached hydrogens (tertiary/aromatic N) is 1. The quantitative estimate of drug-likeness (QED) is 0.737. The molecule has 2 heterocycles. The molecule has 0 bridgehead atoms. The molecule has 1 aromatic carbocycles. The Kier molecular flexibility index (Phi) is 5.46. The molecule has 8 heteroatoms. The maximum Gasteiger partial charge on any atom is 0.407 e. The Balaban J connectivity index is 1.86. The van der Waals surface area contributed by atoms with Crippen molar-refractivity contribution < 1.29 is 24.6 Å². The van der Waals surface area contributed by atoms with Gasteiger partial charge in [0.2, 0.25) is 0 Å². The van der Waals surface area contributed by atoms with Gasteiger partial charge in [0.05, 0.1) is 5.56 Å². The number of nitrogens with one attached hydrogen (secondary N) is 1. The predicted molar refractivity (Wildman–Crippen MR) is 102 cm³/mol. The molecule has 27 heavy (non-hydrogen) atoms. The summed E-state index contributed by atoms with van der Waals surface area (Å²) in [5, 5.41) is 23.6. The van der Waals surface area contributed by atoms with E-state index >= 15 is 0 Å². The number of rotatable bonds is 4. The number of carboxylic acids is 1. The molecule has 3 rings (SSSR count). The van der Waals surface area contributed by atoms with Crippen molar-refractivity contribution >= 4 is 34.3 Å². The van der Waals surface area contributed by atoms with Gasteiger partial charge in [-0.2, -0.15) is 0 Å². The minimum absolute atomic E-state index is 0.0539. The number of aryl methyl sites for hydroxylation is 1. The summed E-state index contributed by atoms with van der Waals surface area (Å²) >= 11 is 1.16. The lowest BCUT2D eigenvalue weighted by atomic mass is 9.90. The van der Waals surface area contributed by atoms with Crippen LogP contribution in [0.3, 0.4) is 0 Å². The summed E-state index contributed by atoms with van der Waals surface area (Å²) in [4.78, 5) is 36.9. The third-order valence-electron chi connectivity index (χ3n) is 4.67. The van der Waals surface area contributed by atoms with Gasteiger partial charge in [0, 0.05) is 24.6 Å². The number of thiophene rings is 1. The summed E-state index contributed by atoms with van der Waals surface area (Å²) in [6, 6.07) is 7.05. The van der Waals surface area contributed by atoms with Gasteiger partial charge >= 0.3 is 12.1 Å². The third kappa shape index (κ3) is 4.11. The molecule has 0 radical (unpaired) electrons. The van der Waals surface area contributed by atoms with Gasteiger partial charge in [-0.3, -0.25) is 4.79 Å². The van der Waals surface area contributed by atoms with E-state index in [1.807, 2.05) is 13.0 Å². The first-order valence-corrected chi connectivity index (χ1v) is 9.45. The fourth-order valence-electron chi connectivity index (χ4n) is 3.35. The Hall–Kier alpha value is -2.87. The van der Waals surface area contributed by atoms with Gasteiger partial charge < -0.3 is 20.4 Å². The van der Waals surface area contributed by atoms with Crippen LogP contribution < -0.4 is 5.32 Å². The van der Waals surface area contributed by atoms with Crippen molar-refractivity contribution in [3.63, 3.8) is 0 Å². The maximum absolute atomic E-state index is 12.5. The number of carbonyl (C=O) groups is 3. The summed E-state index contributed by atoms with van der Waals surface area (Å²) < 4.78 is 0. The Morgan fingerprint density at radius 3 is 2.70 bits per heavy atom. The van der Waals surface area contributed by atoms with Crippen LogP contribution in [-0.4, -0.2) is 46.2 Å². The number of benzene rings is 1. The van der Waals surface area contributed by atoms with Crippen LogP contribution in [0.2, 0.25) is 0 Å². The first-order chi connectivity index (χ1) is 12.9. The third-order valence-corrected chi connectivity index (χ3v) is 5.59. The van der Waals surface area contributed by atoms with Crippen LogP contribution in [0.4, 0.5) is 9.80 Å². The van der Waals surface area contributed by atoms with Crippen molar-refractivity contribution in [2.24, 2.45) is 0 Å². The van der Waals surface area contributed by atoms with Crippen LogP contribution in [0, 0.1) is 6.92 Å². The molecule has 1 aliphatic heterocycles. The Labute approximate surface area is 160 Å². The number of anilines is 1. The Morgan fingerprint density at radius 1 is 1.26 bits per heavy atom. The first-order valence-electron chi connectivity index (χ1n) is 8.57. The molecule has 2 amide bonds. The molecule has 1 atom stereocenters. The van der Waals surface area contributed by atoms with Crippen LogP contribution in [0.5, 0.6) is 0 Å². The van der Waals surface area contributed by atoms with Crippen LogP contribution in [0.15, 0.2) is 29.6 Å². The number of carbonyl (C=O) groups excluding carboxylic acids is 1. The maximum atomic E-state index is 12.5. The Bertz CT molecular complexity index is 892. The number of piperidine rings is 1. The van der Waals surface area contributed by atoms with Gasteiger partial charge in [0.1, 0.15) is 5.00 Å². The van der Waals surface area contributed by atoms with E-state index in [0.29, 0.717) is 30.5 Å². The summed E-state index contributed by atoms with van der Waals surface area (Å²) in [5.41, 5.74) is 2.02. The average Bonchev–Trinajstić information content (AvgIpc) is 3.05. The standard InChI is InChI=1S/C19H20N2O5S/c1-11-4-2-5-12(8-11)16(22)20-17-15(18(23)24)14(10-27-17)13-6-3-7-21(9-13)19(25)26/h2,4-5,8,10,13H,3,6-7,9H2,1H3,(H,20,22)(H,23,24)(H,25,26). The highest BCUT2D eigenvalue weighted by atomic mass is 32.1. The van der Waals surface area contributed by atoms with Crippen molar-refractivity contribution in [1.82, 2.24) is 4.90 Å². The molecule has 3 N–H and O–H groups in total. The van der Waals surface area contributed by atoms with Crippen molar-refractivity contribution in [1.29, 1.82) is 0 Å². The molecule has 0 spiro atoms. The topological polar surface area (TPSA) is 107 Å². The Morgan fingerprint density at radius 2 is 2.04 bits per heavy atom. The largest absolute Gasteiger partial charge is 0.478 e. The fourth-order valence-corrected chi connectivity index (χ4v) is 4.38. The second kappa shape index (κ2) is 7.79. The second-order valence-corrected chi connectivity index (χ2v) is 7.47. The normalized spacial score (nSPS) is 16.8. The monoisotopic (exact) mass is 388 g/mol. The van der Waals surface area contributed by atoms with E-state index in [1.54, 1.807) is 23.6 Å². The molecule has 1 fully saturated rings. The zero-order valence-corrected chi connectivity index (χ0v) is 15.6. The van der Waals surface area contributed by atoms with Gasteiger partial charge in [-0.15, -0.1) is 11.3 Å². The van der Waals surface area contributed by atoms with Gasteiger partial charge in [0.15, 0.2) is 0 Å². The van der Waals surface area contributed by atoms with Crippen LogP contribution in [-0.2, 0) is 0 Å². The number of aromatic carboxylic acids is 1. The molecule has 1 unspecified atom stereocenters. The van der Waals surface area contributed by atoms with E-state index in [4.69, 9.17) is 0 Å². The van der Waals surface area contributed by atoms with Crippen LogP contribution in [0.1, 0.15) is 50.6 Å². The molecular formula is C19H20N2O5S. The van der Waals surface area contributed by atoms with Gasteiger partial charge in [-0.1, -0.05) is 17.7 Å². The van der Waals surface area contributed by atoms with Crippen molar-refractivity contribution in [3.8, 4) is 0 Å². The molecule has 7 nitrogen and oxygen atoms in total. The van der Waals surface area contributed by atoms with E-state index < -0.39 is 12.1 Å². The SMILES string of the molecule is Cc1cccc(C(=O)Nc2scc(C3CCCN(C(=O)O)C3)c2C(=O)O)c1. The smallest absolute Gasteiger partial charge is 0.407 e. The lowest BCUT2D eigenvalue weighted by molar-refractivity contribution is 0.0696. The predicted octanol–water partition coefficient (Wildman–Crippen LogP) is 3.86. The number of carboxylic acid groups (broad SMARTS) is 2. The highest BCUT2D eigenvalue weighted by Gasteiger charge is 2.30. The van der Waals surface area contributed by atoms with Crippen molar-refractivity contribution in [2.45, 2.75) is 25.7 Å². The number of amides is 2. The minimum Gasteiger partial charge on any atom is -0.478 e. The summed E-state index contributed by atoms with van der Waals surface area (Å²) in [7, 11) is 0. The summed E-state index contributed by atoms with van der Waals surface area (Å²) in [5.74, 6) is -1.69. The molecule has 1 aliphatic rings. The van der Waals surface area contributed by atoms with E-state index in [-0.39, 0.29) is 28.9 Å². The molecule has 1 saturated heterocycles. The summed E-state index contributed by atoms with van der Waals surface area (Å²) in [6.45, 7) is 2.59. The van der Waals surface area contributed by atoms with E-state index in [1.165, 1.54) is 4.90 Å². The fraction of sp³-hybridized carbons (Fsp3) is 0.316. The lowest BCUT2D eigenvalue weighted by Crippen LogP contribution is -2.38. The molecule has 142 valence electrons. The van der Waals surface area contributed by atoms with Crippen molar-refractivity contribution in [2.75, 3.05) is 18.4 Å².